The molecule has 4 nitrogen and oxygen atoms in total. The maximum atomic E-state index is 10.7. The van der Waals surface area contributed by atoms with Crippen LogP contribution in [0.5, 0.6) is 0 Å². The van der Waals surface area contributed by atoms with Crippen molar-refractivity contribution in [2.75, 3.05) is 25.0 Å². The van der Waals surface area contributed by atoms with Gasteiger partial charge in [-0.05, 0) is 36.6 Å². The summed E-state index contributed by atoms with van der Waals surface area (Å²) >= 11 is 0. The van der Waals surface area contributed by atoms with Crippen LogP contribution in [-0.2, 0) is 11.2 Å². The van der Waals surface area contributed by atoms with E-state index in [1.54, 1.807) is 0 Å². The molecule has 0 heterocycles. The number of hydrogen-bond acceptors (Lipinski definition) is 3. The molecule has 1 aromatic rings. The van der Waals surface area contributed by atoms with E-state index in [1.165, 1.54) is 18.1 Å². The molecule has 0 spiro atoms. The van der Waals surface area contributed by atoms with Crippen molar-refractivity contribution < 1.29 is 9.90 Å². The van der Waals surface area contributed by atoms with Gasteiger partial charge in [0.15, 0.2) is 0 Å². The van der Waals surface area contributed by atoms with Crippen LogP contribution < -0.4 is 10.6 Å². The summed E-state index contributed by atoms with van der Waals surface area (Å²) in [6, 6.07) is 6.10. The highest BCUT2D eigenvalue weighted by molar-refractivity contribution is 5.72. The molecular formula is C13H20N2O2. The number of carbonyl (C=O) groups is 1. The van der Waals surface area contributed by atoms with Gasteiger partial charge in [-0.15, -0.1) is 0 Å². The molecule has 0 bridgehead atoms. The molecule has 0 atom stereocenters. The van der Waals surface area contributed by atoms with E-state index >= 15 is 0 Å². The third-order valence-corrected chi connectivity index (χ3v) is 2.55. The summed E-state index contributed by atoms with van der Waals surface area (Å²) in [6.07, 6.45) is 0.839. The number of benzene rings is 1. The number of aryl methyl sites for hydroxylation is 1. The van der Waals surface area contributed by atoms with Crippen molar-refractivity contribution >= 4 is 11.6 Å². The fourth-order valence-electron chi connectivity index (χ4n) is 1.66. The average molecular weight is 236 g/mol. The third-order valence-electron chi connectivity index (χ3n) is 2.55. The fourth-order valence-corrected chi connectivity index (χ4v) is 1.66. The van der Waals surface area contributed by atoms with E-state index < -0.39 is 0 Å². The lowest BCUT2D eigenvalue weighted by Gasteiger charge is -2.10. The van der Waals surface area contributed by atoms with Crippen LogP contribution in [0.15, 0.2) is 18.2 Å². The molecule has 1 aromatic carbocycles. The number of amides is 1. The quantitative estimate of drug-likeness (QED) is 0.692. The second kappa shape index (κ2) is 6.91. The number of anilines is 1. The number of hydrogen-bond donors (Lipinski definition) is 3. The fraction of sp³-hybridized carbons (Fsp3) is 0.462. The van der Waals surface area contributed by atoms with Gasteiger partial charge >= 0.3 is 0 Å². The van der Waals surface area contributed by atoms with Gasteiger partial charge in [0.05, 0.1) is 6.61 Å². The second-order valence-corrected chi connectivity index (χ2v) is 4.02. The third kappa shape index (κ3) is 4.87. The average Bonchev–Trinajstić information content (AvgIpc) is 2.28. The molecular weight excluding hydrogens is 216 g/mol. The maximum absolute atomic E-state index is 10.7. The summed E-state index contributed by atoms with van der Waals surface area (Å²) in [6.45, 7) is 4.93. The standard InChI is InChI=1S/C13H20N2O2/c1-10-9-13(15-7-8-16)4-3-12(10)5-6-14-11(2)17/h3-4,9,15-16H,5-8H2,1-2H3,(H,14,17). The van der Waals surface area contributed by atoms with Crippen molar-refractivity contribution in [1.82, 2.24) is 5.32 Å². The lowest BCUT2D eigenvalue weighted by Crippen LogP contribution is -2.22. The van der Waals surface area contributed by atoms with Crippen molar-refractivity contribution in [3.8, 4) is 0 Å². The molecule has 3 N–H and O–H groups in total. The van der Waals surface area contributed by atoms with E-state index in [-0.39, 0.29) is 12.5 Å². The Kier molecular flexibility index (Phi) is 5.49. The highest BCUT2D eigenvalue weighted by Gasteiger charge is 2.00. The number of nitrogens with one attached hydrogen (secondary N) is 2. The minimum atomic E-state index is 0.00360. The van der Waals surface area contributed by atoms with Crippen LogP contribution in [0.25, 0.3) is 0 Å². The number of aliphatic hydroxyl groups is 1. The lowest BCUT2D eigenvalue weighted by molar-refractivity contribution is -0.118. The summed E-state index contributed by atoms with van der Waals surface area (Å²) < 4.78 is 0. The first-order valence-electron chi connectivity index (χ1n) is 5.82. The summed E-state index contributed by atoms with van der Waals surface area (Å²) in [7, 11) is 0. The Morgan fingerprint density at radius 2 is 2.12 bits per heavy atom. The van der Waals surface area contributed by atoms with Crippen molar-refractivity contribution in [3.63, 3.8) is 0 Å². The first-order chi connectivity index (χ1) is 8.13. The van der Waals surface area contributed by atoms with Gasteiger partial charge in [0.2, 0.25) is 5.91 Å². The van der Waals surface area contributed by atoms with Gasteiger partial charge in [-0.1, -0.05) is 6.07 Å². The van der Waals surface area contributed by atoms with Gasteiger partial charge in [0, 0.05) is 25.7 Å². The lowest BCUT2D eigenvalue weighted by atomic mass is 10.0. The molecule has 1 amide bonds. The minimum absolute atomic E-state index is 0.00360. The zero-order chi connectivity index (χ0) is 12.7. The van der Waals surface area contributed by atoms with Gasteiger partial charge in [0.25, 0.3) is 0 Å². The molecule has 0 fully saturated rings. The van der Waals surface area contributed by atoms with Crippen molar-refractivity contribution in [3.05, 3.63) is 29.3 Å². The van der Waals surface area contributed by atoms with E-state index in [9.17, 15) is 4.79 Å². The van der Waals surface area contributed by atoms with Gasteiger partial charge in [-0.3, -0.25) is 4.79 Å². The van der Waals surface area contributed by atoms with Crippen LogP contribution in [0, 0.1) is 6.92 Å². The Labute approximate surface area is 102 Å². The Morgan fingerprint density at radius 3 is 2.71 bits per heavy atom. The molecule has 0 radical (unpaired) electrons. The Hall–Kier alpha value is -1.55. The van der Waals surface area contributed by atoms with Crippen molar-refractivity contribution in [1.29, 1.82) is 0 Å². The monoisotopic (exact) mass is 236 g/mol. The molecule has 94 valence electrons. The SMILES string of the molecule is CC(=O)NCCc1ccc(NCCO)cc1C. The highest BCUT2D eigenvalue weighted by atomic mass is 16.3. The van der Waals surface area contributed by atoms with Crippen LogP contribution in [0.2, 0.25) is 0 Å². The van der Waals surface area contributed by atoms with E-state index in [1.807, 2.05) is 13.0 Å². The molecule has 0 saturated carbocycles. The van der Waals surface area contributed by atoms with E-state index in [0.29, 0.717) is 13.1 Å². The first kappa shape index (κ1) is 13.5. The van der Waals surface area contributed by atoms with Crippen molar-refractivity contribution in [2.45, 2.75) is 20.3 Å². The summed E-state index contributed by atoms with van der Waals surface area (Å²) in [5.74, 6) is 0.00360. The molecule has 0 aliphatic rings. The normalized spacial score (nSPS) is 10.1. The molecule has 1 rings (SSSR count). The van der Waals surface area contributed by atoms with Crippen LogP contribution in [0.3, 0.4) is 0 Å². The van der Waals surface area contributed by atoms with Crippen LogP contribution in [0.4, 0.5) is 5.69 Å². The van der Waals surface area contributed by atoms with E-state index in [4.69, 9.17) is 5.11 Å². The Balaban J connectivity index is 2.53. The van der Waals surface area contributed by atoms with Gasteiger partial charge in [0.1, 0.15) is 0 Å². The molecule has 0 aliphatic carbocycles. The number of aliphatic hydroxyl groups excluding tert-OH is 1. The zero-order valence-electron chi connectivity index (χ0n) is 10.4. The largest absolute Gasteiger partial charge is 0.395 e. The number of rotatable bonds is 6. The maximum Gasteiger partial charge on any atom is 0.216 e. The molecule has 0 saturated heterocycles. The Bertz CT molecular complexity index is 378. The first-order valence-corrected chi connectivity index (χ1v) is 5.82. The summed E-state index contributed by atoms with van der Waals surface area (Å²) in [5.41, 5.74) is 3.44. The molecule has 0 unspecified atom stereocenters. The molecule has 17 heavy (non-hydrogen) atoms. The van der Waals surface area contributed by atoms with Gasteiger partial charge < -0.3 is 15.7 Å². The Morgan fingerprint density at radius 1 is 1.35 bits per heavy atom. The van der Waals surface area contributed by atoms with Crippen LogP contribution >= 0.6 is 0 Å². The van der Waals surface area contributed by atoms with E-state index in [2.05, 4.69) is 22.8 Å². The smallest absolute Gasteiger partial charge is 0.216 e. The van der Waals surface area contributed by atoms with Crippen LogP contribution in [-0.4, -0.2) is 30.7 Å². The predicted octanol–water partition coefficient (Wildman–Crippen LogP) is 1.08. The minimum Gasteiger partial charge on any atom is -0.395 e. The molecule has 0 aromatic heterocycles. The van der Waals surface area contributed by atoms with Gasteiger partial charge in [-0.2, -0.15) is 0 Å². The second-order valence-electron chi connectivity index (χ2n) is 4.02. The highest BCUT2D eigenvalue weighted by Crippen LogP contribution is 2.15. The summed E-state index contributed by atoms with van der Waals surface area (Å²) in [4.78, 5) is 10.7. The van der Waals surface area contributed by atoms with Crippen LogP contribution in [0.1, 0.15) is 18.1 Å². The predicted molar refractivity (Wildman–Crippen MR) is 69.1 cm³/mol. The molecule has 0 aliphatic heterocycles. The van der Waals surface area contributed by atoms with Gasteiger partial charge in [-0.25, -0.2) is 0 Å². The summed E-state index contributed by atoms with van der Waals surface area (Å²) in [5, 5.41) is 14.6. The van der Waals surface area contributed by atoms with Crippen molar-refractivity contribution in [2.24, 2.45) is 0 Å². The topological polar surface area (TPSA) is 61.4 Å². The number of carbonyl (C=O) groups excluding carboxylic acids is 1. The zero-order valence-corrected chi connectivity index (χ0v) is 10.4. The van der Waals surface area contributed by atoms with E-state index in [0.717, 1.165) is 12.1 Å². The molecule has 4 heteroatoms.